The SMILES string of the molecule is CCc1c2c(OC)c(Nc3cc(NC(=O)C4CC4)ncc3C(=O)O)ccc2nn1C. The fourth-order valence-corrected chi connectivity index (χ4v) is 3.55. The van der Waals surface area contributed by atoms with Crippen molar-refractivity contribution in [1.29, 1.82) is 0 Å². The lowest BCUT2D eigenvalue weighted by molar-refractivity contribution is -0.117. The lowest BCUT2D eigenvalue weighted by atomic mass is 10.1. The number of hydrogen-bond donors (Lipinski definition) is 3. The number of carbonyl (C=O) groups is 2. The second kappa shape index (κ2) is 7.66. The van der Waals surface area contributed by atoms with Crippen LogP contribution in [0.15, 0.2) is 24.4 Å². The van der Waals surface area contributed by atoms with Crippen molar-refractivity contribution >= 4 is 40.0 Å². The molecule has 9 heteroatoms. The number of pyridine rings is 1. The minimum absolute atomic E-state index is 0.0107. The third-order valence-corrected chi connectivity index (χ3v) is 5.21. The number of carboxylic acids is 1. The average Bonchev–Trinajstić information content (AvgIpc) is 3.51. The number of amides is 1. The molecule has 1 aliphatic rings. The van der Waals surface area contributed by atoms with Crippen molar-refractivity contribution in [3.05, 3.63) is 35.7 Å². The summed E-state index contributed by atoms with van der Waals surface area (Å²) < 4.78 is 7.49. The smallest absolute Gasteiger partial charge is 0.339 e. The Morgan fingerprint density at radius 3 is 2.70 bits per heavy atom. The van der Waals surface area contributed by atoms with Gasteiger partial charge in [-0.1, -0.05) is 6.92 Å². The van der Waals surface area contributed by atoms with E-state index in [0.29, 0.717) is 22.9 Å². The number of benzene rings is 1. The largest absolute Gasteiger partial charge is 0.494 e. The van der Waals surface area contributed by atoms with Crippen molar-refractivity contribution in [3.8, 4) is 5.75 Å². The third-order valence-electron chi connectivity index (χ3n) is 5.21. The molecule has 1 fully saturated rings. The predicted molar refractivity (Wildman–Crippen MR) is 112 cm³/mol. The first-order chi connectivity index (χ1) is 14.4. The Kier molecular flexibility index (Phi) is 5.03. The Morgan fingerprint density at radius 2 is 2.07 bits per heavy atom. The molecule has 0 aliphatic heterocycles. The van der Waals surface area contributed by atoms with Crippen molar-refractivity contribution in [2.45, 2.75) is 26.2 Å². The molecule has 4 rings (SSSR count). The number of aromatic carboxylic acids is 1. The maximum atomic E-state index is 12.1. The normalized spacial score (nSPS) is 13.3. The van der Waals surface area contributed by atoms with Gasteiger partial charge in [-0.2, -0.15) is 5.10 Å². The monoisotopic (exact) mass is 409 g/mol. The summed E-state index contributed by atoms with van der Waals surface area (Å²) in [7, 11) is 3.45. The van der Waals surface area contributed by atoms with E-state index in [1.807, 2.05) is 24.7 Å². The Morgan fingerprint density at radius 1 is 1.30 bits per heavy atom. The predicted octanol–water partition coefficient (Wildman–Crippen LogP) is 3.33. The summed E-state index contributed by atoms with van der Waals surface area (Å²) in [6.45, 7) is 2.04. The Bertz CT molecular complexity index is 1150. The van der Waals surface area contributed by atoms with Gasteiger partial charge < -0.3 is 20.5 Å². The molecule has 1 aliphatic carbocycles. The first-order valence-electron chi connectivity index (χ1n) is 9.76. The van der Waals surface area contributed by atoms with Crippen LogP contribution in [0.3, 0.4) is 0 Å². The number of nitrogens with zero attached hydrogens (tertiary/aromatic N) is 3. The zero-order valence-corrected chi connectivity index (χ0v) is 17.0. The number of aromatic nitrogens is 3. The lowest BCUT2D eigenvalue weighted by Crippen LogP contribution is -2.15. The number of aryl methyl sites for hydroxylation is 2. The number of fused-ring (bicyclic) bond motifs is 1. The van der Waals surface area contributed by atoms with Crippen LogP contribution in [0.4, 0.5) is 17.2 Å². The molecule has 0 saturated heterocycles. The number of ether oxygens (including phenoxy) is 1. The molecule has 3 aromatic rings. The van der Waals surface area contributed by atoms with E-state index in [0.717, 1.165) is 35.9 Å². The van der Waals surface area contributed by atoms with Gasteiger partial charge in [0.1, 0.15) is 11.4 Å². The van der Waals surface area contributed by atoms with Gasteiger partial charge in [-0.3, -0.25) is 9.48 Å². The molecule has 30 heavy (non-hydrogen) atoms. The van der Waals surface area contributed by atoms with Crippen LogP contribution in [-0.2, 0) is 18.3 Å². The highest BCUT2D eigenvalue weighted by atomic mass is 16.5. The summed E-state index contributed by atoms with van der Waals surface area (Å²) in [5.41, 5.74) is 2.70. The van der Waals surface area contributed by atoms with E-state index >= 15 is 0 Å². The summed E-state index contributed by atoms with van der Waals surface area (Å²) >= 11 is 0. The van der Waals surface area contributed by atoms with Gasteiger partial charge in [0.15, 0.2) is 5.75 Å². The third kappa shape index (κ3) is 3.54. The lowest BCUT2D eigenvalue weighted by Gasteiger charge is -2.15. The Balaban J connectivity index is 1.76. The number of carboxylic acid groups (broad SMARTS) is 1. The van der Waals surface area contributed by atoms with Gasteiger partial charge >= 0.3 is 5.97 Å². The van der Waals surface area contributed by atoms with Crippen LogP contribution in [0.5, 0.6) is 5.75 Å². The van der Waals surface area contributed by atoms with Gasteiger partial charge in [0.25, 0.3) is 0 Å². The van der Waals surface area contributed by atoms with Crippen LogP contribution < -0.4 is 15.4 Å². The summed E-state index contributed by atoms with van der Waals surface area (Å²) in [5, 5.41) is 20.9. The molecule has 1 amide bonds. The molecule has 0 unspecified atom stereocenters. The number of methoxy groups -OCH3 is 1. The zero-order chi connectivity index (χ0) is 21.4. The van der Waals surface area contributed by atoms with Crippen molar-refractivity contribution in [3.63, 3.8) is 0 Å². The fourth-order valence-electron chi connectivity index (χ4n) is 3.55. The maximum Gasteiger partial charge on any atom is 0.339 e. The summed E-state index contributed by atoms with van der Waals surface area (Å²) in [6.07, 6.45) is 3.73. The molecule has 0 bridgehead atoms. The summed E-state index contributed by atoms with van der Waals surface area (Å²) in [4.78, 5) is 27.9. The number of hydrogen-bond acceptors (Lipinski definition) is 6. The quantitative estimate of drug-likeness (QED) is 0.548. The average molecular weight is 409 g/mol. The van der Waals surface area contributed by atoms with E-state index in [2.05, 4.69) is 20.7 Å². The number of nitrogens with one attached hydrogen (secondary N) is 2. The van der Waals surface area contributed by atoms with E-state index in [-0.39, 0.29) is 17.4 Å². The van der Waals surface area contributed by atoms with Crippen LogP contribution >= 0.6 is 0 Å². The minimum atomic E-state index is -1.12. The molecule has 9 nitrogen and oxygen atoms in total. The van der Waals surface area contributed by atoms with E-state index in [9.17, 15) is 14.7 Å². The number of rotatable bonds is 7. The standard InChI is InChI=1S/C21H23N5O4/c1-4-16-18-13(25-26(16)2)7-8-14(19(18)30-3)23-15-9-17(22-10-12(15)21(28)29)24-20(27)11-5-6-11/h7-11H,4-6H2,1-3H3,(H,28,29)(H2,22,23,24,27). The highest BCUT2D eigenvalue weighted by molar-refractivity contribution is 5.99. The fraction of sp³-hybridized carbons (Fsp3) is 0.333. The summed E-state index contributed by atoms with van der Waals surface area (Å²) in [5.74, 6) is -0.327. The maximum absolute atomic E-state index is 12.1. The molecule has 0 atom stereocenters. The van der Waals surface area contributed by atoms with Crippen molar-refractivity contribution in [2.75, 3.05) is 17.7 Å². The molecule has 2 aromatic heterocycles. The van der Waals surface area contributed by atoms with Gasteiger partial charge in [-0.25, -0.2) is 9.78 Å². The molecule has 3 N–H and O–H groups in total. The van der Waals surface area contributed by atoms with Crippen molar-refractivity contribution in [1.82, 2.24) is 14.8 Å². The van der Waals surface area contributed by atoms with Gasteiger partial charge in [-0.15, -0.1) is 0 Å². The highest BCUT2D eigenvalue weighted by Gasteiger charge is 2.30. The van der Waals surface area contributed by atoms with Gasteiger partial charge in [0.05, 0.1) is 29.4 Å². The minimum Gasteiger partial charge on any atom is -0.494 e. The molecule has 0 spiro atoms. The first-order valence-corrected chi connectivity index (χ1v) is 9.76. The van der Waals surface area contributed by atoms with Gasteiger partial charge in [0, 0.05) is 30.9 Å². The summed E-state index contributed by atoms with van der Waals surface area (Å²) in [6, 6.07) is 5.18. The zero-order valence-electron chi connectivity index (χ0n) is 17.0. The molecular weight excluding hydrogens is 386 g/mol. The van der Waals surface area contributed by atoms with Gasteiger partial charge in [-0.05, 0) is 31.4 Å². The van der Waals surface area contributed by atoms with Crippen LogP contribution in [0, 0.1) is 5.92 Å². The van der Waals surface area contributed by atoms with Crippen LogP contribution in [0.25, 0.3) is 10.9 Å². The van der Waals surface area contributed by atoms with Crippen LogP contribution in [0.2, 0.25) is 0 Å². The van der Waals surface area contributed by atoms with Crippen molar-refractivity contribution in [2.24, 2.45) is 13.0 Å². The molecule has 2 heterocycles. The Hall–Kier alpha value is -3.62. The molecule has 1 aromatic carbocycles. The van der Waals surface area contributed by atoms with E-state index in [1.165, 1.54) is 12.3 Å². The molecule has 1 saturated carbocycles. The van der Waals surface area contributed by atoms with Gasteiger partial charge in [0.2, 0.25) is 5.91 Å². The van der Waals surface area contributed by atoms with E-state index in [4.69, 9.17) is 4.74 Å². The first kappa shape index (κ1) is 19.7. The number of anilines is 3. The molecule has 156 valence electrons. The molecular formula is C21H23N5O4. The van der Waals surface area contributed by atoms with Crippen LogP contribution in [-0.4, -0.2) is 38.9 Å². The topological polar surface area (TPSA) is 118 Å². The highest BCUT2D eigenvalue weighted by Crippen LogP contribution is 2.38. The second-order valence-corrected chi connectivity index (χ2v) is 7.27. The Labute approximate surface area is 173 Å². The number of carbonyl (C=O) groups excluding carboxylic acids is 1. The molecule has 0 radical (unpaired) electrons. The van der Waals surface area contributed by atoms with Crippen LogP contribution in [0.1, 0.15) is 35.8 Å². The van der Waals surface area contributed by atoms with Crippen molar-refractivity contribution < 1.29 is 19.4 Å². The second-order valence-electron chi connectivity index (χ2n) is 7.27. The van der Waals surface area contributed by atoms with E-state index in [1.54, 1.807) is 13.2 Å². The van der Waals surface area contributed by atoms with E-state index < -0.39 is 5.97 Å².